The molecule has 0 aliphatic carbocycles. The van der Waals surface area contributed by atoms with Crippen molar-refractivity contribution < 1.29 is 9.53 Å². The Morgan fingerprint density at radius 1 is 1.16 bits per heavy atom. The second kappa shape index (κ2) is 9.62. The van der Waals surface area contributed by atoms with Crippen LogP contribution in [0.4, 0.5) is 5.82 Å². The first kappa shape index (κ1) is 21.5. The number of carbonyl (C=O) groups is 1. The Labute approximate surface area is 187 Å². The fourth-order valence-corrected chi connectivity index (χ4v) is 4.83. The molecule has 0 bridgehead atoms. The van der Waals surface area contributed by atoms with Crippen LogP contribution in [0.3, 0.4) is 0 Å². The quantitative estimate of drug-likeness (QED) is 0.609. The van der Waals surface area contributed by atoms with Crippen molar-refractivity contribution in [3.8, 4) is 5.75 Å². The maximum absolute atomic E-state index is 13.0. The van der Waals surface area contributed by atoms with Crippen molar-refractivity contribution >= 4 is 33.3 Å². The van der Waals surface area contributed by atoms with Gasteiger partial charge in [0.05, 0.1) is 5.39 Å². The summed E-state index contributed by atoms with van der Waals surface area (Å²) < 4.78 is 5.79. The molecule has 8 heteroatoms. The number of anilines is 1. The van der Waals surface area contributed by atoms with Crippen LogP contribution in [-0.4, -0.2) is 71.0 Å². The van der Waals surface area contributed by atoms with E-state index in [0.717, 1.165) is 54.5 Å². The third-order valence-electron chi connectivity index (χ3n) is 5.79. The van der Waals surface area contributed by atoms with Crippen LogP contribution in [0.1, 0.15) is 17.4 Å². The molecule has 1 saturated heterocycles. The van der Waals surface area contributed by atoms with Crippen molar-refractivity contribution in [2.24, 2.45) is 0 Å². The molecule has 0 saturated carbocycles. The first-order valence-electron chi connectivity index (χ1n) is 10.7. The Bertz CT molecular complexity index is 1030. The van der Waals surface area contributed by atoms with E-state index in [2.05, 4.69) is 34.0 Å². The van der Waals surface area contributed by atoms with Crippen molar-refractivity contribution in [2.45, 2.75) is 26.8 Å². The molecule has 3 aromatic rings. The third kappa shape index (κ3) is 4.97. The van der Waals surface area contributed by atoms with Crippen molar-refractivity contribution in [3.05, 3.63) is 47.1 Å². The van der Waals surface area contributed by atoms with Gasteiger partial charge < -0.3 is 15.0 Å². The number of hydrogen-bond acceptors (Lipinski definition) is 7. The molecule has 0 spiro atoms. The topological polar surface area (TPSA) is 70.6 Å². The molecule has 1 fully saturated rings. The minimum Gasteiger partial charge on any atom is -0.492 e. The fourth-order valence-electron chi connectivity index (χ4n) is 3.83. The second-order valence-electron chi connectivity index (χ2n) is 7.88. The summed E-state index contributed by atoms with van der Waals surface area (Å²) in [6, 6.07) is 9.52. The van der Waals surface area contributed by atoms with E-state index in [9.17, 15) is 4.79 Å². The highest BCUT2D eigenvalue weighted by atomic mass is 32.1. The summed E-state index contributed by atoms with van der Waals surface area (Å²) in [7, 11) is 0. The molecule has 0 radical (unpaired) electrons. The number of ether oxygens (including phenoxy) is 1. The molecule has 31 heavy (non-hydrogen) atoms. The molecule has 7 nitrogen and oxygen atoms in total. The molecule has 1 aliphatic rings. The van der Waals surface area contributed by atoms with E-state index in [1.807, 2.05) is 42.2 Å². The van der Waals surface area contributed by atoms with Gasteiger partial charge in [0.15, 0.2) is 0 Å². The lowest BCUT2D eigenvalue weighted by Gasteiger charge is -2.36. The summed E-state index contributed by atoms with van der Waals surface area (Å²) in [5.74, 6) is 1.74. The van der Waals surface area contributed by atoms with Crippen LogP contribution in [0.2, 0.25) is 0 Å². The molecule has 4 rings (SSSR count). The van der Waals surface area contributed by atoms with Gasteiger partial charge in [0.2, 0.25) is 5.91 Å². The molecule has 1 N–H and O–H groups in total. The number of benzene rings is 1. The number of nitrogens with zero attached hydrogens (tertiary/aromatic N) is 4. The number of rotatable bonds is 7. The standard InChI is InChI=1S/C23H29N5O2S/c1-16-18(3)31-22-20(16)21(24-15-25-22)26-17(2)23(29)28-11-9-27(10-12-28)13-14-30-19-7-5-4-6-8-19/h4-8,15,17H,9-14H2,1-3H3,(H,24,25,26)/t17-/m1/s1. The van der Waals surface area contributed by atoms with Crippen LogP contribution in [0, 0.1) is 13.8 Å². The number of para-hydroxylation sites is 1. The van der Waals surface area contributed by atoms with Gasteiger partial charge in [0.1, 0.15) is 35.4 Å². The molecule has 1 atom stereocenters. The highest BCUT2D eigenvalue weighted by molar-refractivity contribution is 7.18. The van der Waals surface area contributed by atoms with Gasteiger partial charge in [-0.1, -0.05) is 18.2 Å². The van der Waals surface area contributed by atoms with Crippen molar-refractivity contribution in [1.29, 1.82) is 0 Å². The summed E-state index contributed by atoms with van der Waals surface area (Å²) in [4.78, 5) is 28.3. The van der Waals surface area contributed by atoms with E-state index in [1.165, 1.54) is 10.4 Å². The van der Waals surface area contributed by atoms with E-state index in [-0.39, 0.29) is 11.9 Å². The zero-order chi connectivity index (χ0) is 21.8. The predicted molar refractivity (Wildman–Crippen MR) is 125 cm³/mol. The summed E-state index contributed by atoms with van der Waals surface area (Å²) in [6.45, 7) is 10.8. The molecule has 1 amide bonds. The largest absolute Gasteiger partial charge is 0.492 e. The van der Waals surface area contributed by atoms with E-state index < -0.39 is 0 Å². The lowest BCUT2D eigenvalue weighted by Crippen LogP contribution is -2.52. The van der Waals surface area contributed by atoms with Gasteiger partial charge in [-0.15, -0.1) is 11.3 Å². The first-order chi connectivity index (χ1) is 15.0. The summed E-state index contributed by atoms with van der Waals surface area (Å²) in [5.41, 5.74) is 1.18. The molecule has 2 aromatic heterocycles. The van der Waals surface area contributed by atoms with E-state index >= 15 is 0 Å². The minimum absolute atomic E-state index is 0.108. The normalized spacial score (nSPS) is 15.8. The molecule has 0 unspecified atom stereocenters. The summed E-state index contributed by atoms with van der Waals surface area (Å²) in [5, 5.41) is 4.35. The second-order valence-corrected chi connectivity index (χ2v) is 9.08. The number of thiophene rings is 1. The number of piperazine rings is 1. The first-order valence-corrected chi connectivity index (χ1v) is 11.5. The number of fused-ring (bicyclic) bond motifs is 1. The Morgan fingerprint density at radius 3 is 2.65 bits per heavy atom. The maximum Gasteiger partial charge on any atom is 0.244 e. The van der Waals surface area contributed by atoms with Gasteiger partial charge in [0.25, 0.3) is 0 Å². The Hall–Kier alpha value is -2.71. The Balaban J connectivity index is 1.28. The number of aryl methyl sites for hydroxylation is 2. The smallest absolute Gasteiger partial charge is 0.244 e. The Kier molecular flexibility index (Phi) is 6.67. The summed E-state index contributed by atoms with van der Waals surface area (Å²) in [6.07, 6.45) is 1.56. The number of aromatic nitrogens is 2. The molecule has 3 heterocycles. The van der Waals surface area contributed by atoms with Crippen LogP contribution >= 0.6 is 11.3 Å². The van der Waals surface area contributed by atoms with Crippen LogP contribution < -0.4 is 10.1 Å². The zero-order valence-corrected chi connectivity index (χ0v) is 19.1. The molecular weight excluding hydrogens is 410 g/mol. The van der Waals surface area contributed by atoms with Gasteiger partial charge in [-0.2, -0.15) is 0 Å². The average molecular weight is 440 g/mol. The third-order valence-corrected chi connectivity index (χ3v) is 6.91. The van der Waals surface area contributed by atoms with Gasteiger partial charge in [0, 0.05) is 37.6 Å². The molecule has 1 aliphatic heterocycles. The fraction of sp³-hybridized carbons (Fsp3) is 0.435. The number of amides is 1. The average Bonchev–Trinajstić information content (AvgIpc) is 3.09. The van der Waals surface area contributed by atoms with Crippen molar-refractivity contribution in [1.82, 2.24) is 19.8 Å². The zero-order valence-electron chi connectivity index (χ0n) is 18.3. The number of nitrogens with one attached hydrogen (secondary N) is 1. The molecule has 164 valence electrons. The SMILES string of the molecule is Cc1sc2ncnc(N[C@H](C)C(=O)N3CCN(CCOc4ccccc4)CC3)c2c1C. The lowest BCUT2D eigenvalue weighted by molar-refractivity contribution is -0.133. The molecular formula is C23H29N5O2S. The van der Waals surface area contributed by atoms with Crippen molar-refractivity contribution in [2.75, 3.05) is 44.6 Å². The monoisotopic (exact) mass is 439 g/mol. The van der Waals surface area contributed by atoms with Gasteiger partial charge in [-0.25, -0.2) is 9.97 Å². The predicted octanol–water partition coefficient (Wildman–Crippen LogP) is 3.33. The van der Waals surface area contributed by atoms with Gasteiger partial charge >= 0.3 is 0 Å². The Morgan fingerprint density at radius 2 is 1.90 bits per heavy atom. The van der Waals surface area contributed by atoms with Gasteiger partial charge in [-0.05, 0) is 38.5 Å². The van der Waals surface area contributed by atoms with Crippen LogP contribution in [-0.2, 0) is 4.79 Å². The van der Waals surface area contributed by atoms with Crippen LogP contribution in [0.5, 0.6) is 5.75 Å². The number of hydrogen-bond donors (Lipinski definition) is 1. The lowest BCUT2D eigenvalue weighted by atomic mass is 10.2. The highest BCUT2D eigenvalue weighted by Crippen LogP contribution is 2.32. The van der Waals surface area contributed by atoms with Crippen LogP contribution in [0.15, 0.2) is 36.7 Å². The van der Waals surface area contributed by atoms with E-state index in [0.29, 0.717) is 6.61 Å². The molecule has 1 aromatic carbocycles. The van der Waals surface area contributed by atoms with Crippen LogP contribution in [0.25, 0.3) is 10.2 Å². The highest BCUT2D eigenvalue weighted by Gasteiger charge is 2.26. The van der Waals surface area contributed by atoms with Gasteiger partial charge in [-0.3, -0.25) is 9.69 Å². The maximum atomic E-state index is 13.0. The van der Waals surface area contributed by atoms with E-state index in [1.54, 1.807) is 17.7 Å². The number of carbonyl (C=O) groups excluding carboxylic acids is 1. The summed E-state index contributed by atoms with van der Waals surface area (Å²) >= 11 is 1.66. The minimum atomic E-state index is -0.342. The van der Waals surface area contributed by atoms with E-state index in [4.69, 9.17) is 4.74 Å². The van der Waals surface area contributed by atoms with Crippen molar-refractivity contribution in [3.63, 3.8) is 0 Å².